The van der Waals surface area contributed by atoms with Crippen molar-refractivity contribution >= 4 is 29.5 Å². The van der Waals surface area contributed by atoms with Crippen molar-refractivity contribution < 1.29 is 33.4 Å². The van der Waals surface area contributed by atoms with Crippen molar-refractivity contribution in [1.29, 1.82) is 0 Å². The van der Waals surface area contributed by atoms with Crippen LogP contribution in [0.5, 0.6) is 0 Å². The zero-order valence-corrected chi connectivity index (χ0v) is 17.0. The van der Waals surface area contributed by atoms with E-state index in [1.54, 1.807) is 24.3 Å². The minimum atomic E-state index is -0.511. The van der Waals surface area contributed by atoms with Crippen LogP contribution in [0.1, 0.15) is 37.0 Å². The first-order valence-corrected chi connectivity index (χ1v) is 10.3. The molecule has 0 spiro atoms. The minimum Gasteiger partial charge on any atom is -0.462 e. The molecule has 3 fully saturated rings. The molecule has 8 heteroatoms. The second-order valence-electron chi connectivity index (χ2n) is 8.65. The van der Waals surface area contributed by atoms with Gasteiger partial charge in [-0.3, -0.25) is 14.4 Å². The van der Waals surface area contributed by atoms with Crippen LogP contribution in [0.25, 0.3) is 0 Å². The molecule has 4 rings (SSSR count). The van der Waals surface area contributed by atoms with Crippen LogP contribution in [0.3, 0.4) is 0 Å². The molecular weight excluding hydrogens is 390 g/mol. The van der Waals surface area contributed by atoms with Crippen molar-refractivity contribution in [2.75, 3.05) is 18.5 Å². The van der Waals surface area contributed by atoms with Gasteiger partial charge < -0.3 is 19.5 Å². The molecule has 1 aliphatic heterocycles. The third-order valence-corrected chi connectivity index (χ3v) is 6.05. The summed E-state index contributed by atoms with van der Waals surface area (Å²) in [5.74, 6) is -2.23. The van der Waals surface area contributed by atoms with Gasteiger partial charge in [0.2, 0.25) is 0 Å². The quantitative estimate of drug-likeness (QED) is 0.537. The van der Waals surface area contributed by atoms with Crippen LogP contribution in [-0.2, 0) is 28.6 Å². The maximum Gasteiger partial charge on any atom is 0.338 e. The smallest absolute Gasteiger partial charge is 0.338 e. The van der Waals surface area contributed by atoms with Gasteiger partial charge in [-0.25, -0.2) is 4.79 Å². The molecule has 1 N–H and O–H groups in total. The normalized spacial score (nSPS) is 28.4. The molecule has 0 unspecified atom stereocenters. The van der Waals surface area contributed by atoms with Crippen LogP contribution in [0.15, 0.2) is 24.3 Å². The summed E-state index contributed by atoms with van der Waals surface area (Å²) < 4.78 is 15.7. The summed E-state index contributed by atoms with van der Waals surface area (Å²) in [7, 11) is 0. The fourth-order valence-corrected chi connectivity index (χ4v) is 4.77. The molecule has 2 aliphatic carbocycles. The van der Waals surface area contributed by atoms with Gasteiger partial charge in [0.05, 0.1) is 24.0 Å². The lowest BCUT2D eigenvalue weighted by Gasteiger charge is -2.22. The number of carbonyl (C=O) groups is 4. The molecule has 1 amide bonds. The van der Waals surface area contributed by atoms with E-state index in [0.717, 1.165) is 6.42 Å². The third kappa shape index (κ3) is 3.91. The van der Waals surface area contributed by atoms with Gasteiger partial charge in [0, 0.05) is 11.6 Å². The van der Waals surface area contributed by atoms with Crippen molar-refractivity contribution in [3.05, 3.63) is 29.8 Å². The van der Waals surface area contributed by atoms with Gasteiger partial charge in [-0.1, -0.05) is 13.8 Å². The lowest BCUT2D eigenvalue weighted by atomic mass is 9.80. The number of esters is 3. The first kappa shape index (κ1) is 20.4. The van der Waals surface area contributed by atoms with Gasteiger partial charge in [0.25, 0.3) is 5.91 Å². The van der Waals surface area contributed by atoms with Gasteiger partial charge in [-0.05, 0) is 48.9 Å². The highest BCUT2D eigenvalue weighted by atomic mass is 16.6. The summed E-state index contributed by atoms with van der Waals surface area (Å²) in [6.07, 6.45) is 1.45. The molecule has 2 saturated carbocycles. The molecule has 2 bridgehead atoms. The number of carbonyl (C=O) groups excluding carboxylic acids is 4. The minimum absolute atomic E-state index is 0.0505. The Morgan fingerprint density at radius 1 is 1.13 bits per heavy atom. The Kier molecular flexibility index (Phi) is 5.49. The maximum absolute atomic E-state index is 12.5. The zero-order valence-electron chi connectivity index (χ0n) is 17.0. The molecule has 8 nitrogen and oxygen atoms in total. The number of hydrogen-bond acceptors (Lipinski definition) is 7. The van der Waals surface area contributed by atoms with Gasteiger partial charge >= 0.3 is 17.9 Å². The lowest BCUT2D eigenvalue weighted by Crippen LogP contribution is -2.34. The number of fused-ring (bicyclic) bond motifs is 1. The Labute approximate surface area is 174 Å². The van der Waals surface area contributed by atoms with Crippen LogP contribution in [0.4, 0.5) is 5.69 Å². The highest BCUT2D eigenvalue weighted by Crippen LogP contribution is 2.57. The summed E-state index contributed by atoms with van der Waals surface area (Å²) in [5, 5.41) is 2.62. The summed E-state index contributed by atoms with van der Waals surface area (Å²) in [6.45, 7) is 3.80. The predicted molar refractivity (Wildman–Crippen MR) is 104 cm³/mol. The average Bonchev–Trinajstić information content (AvgIpc) is 3.33. The first-order valence-electron chi connectivity index (χ1n) is 10.3. The van der Waals surface area contributed by atoms with E-state index in [1.165, 1.54) is 0 Å². The highest BCUT2D eigenvalue weighted by Gasteiger charge is 2.64. The Hall–Kier alpha value is -2.90. The van der Waals surface area contributed by atoms with Gasteiger partial charge in [0.1, 0.15) is 6.10 Å². The molecule has 5 atom stereocenters. The van der Waals surface area contributed by atoms with Crippen molar-refractivity contribution in [2.45, 2.75) is 32.8 Å². The van der Waals surface area contributed by atoms with E-state index in [-0.39, 0.29) is 29.8 Å². The van der Waals surface area contributed by atoms with E-state index >= 15 is 0 Å². The third-order valence-electron chi connectivity index (χ3n) is 6.05. The number of rotatable bonds is 7. The SMILES string of the molecule is CC(C)COC(=O)c1ccc(NC(=O)COC(=O)[C@H]2[C@@H]3C[C@H]4[C@@H]2C(=O)O[C@@H]4C3)cc1. The Bertz CT molecular complexity index is 861. The van der Waals surface area contributed by atoms with Crippen molar-refractivity contribution in [2.24, 2.45) is 29.6 Å². The van der Waals surface area contributed by atoms with E-state index in [4.69, 9.17) is 14.2 Å². The summed E-state index contributed by atoms with van der Waals surface area (Å²) >= 11 is 0. The van der Waals surface area contributed by atoms with Crippen molar-refractivity contribution in [3.8, 4) is 0 Å². The fraction of sp³-hybridized carbons (Fsp3) is 0.545. The molecule has 1 saturated heterocycles. The monoisotopic (exact) mass is 415 g/mol. The number of amides is 1. The van der Waals surface area contributed by atoms with Crippen LogP contribution < -0.4 is 5.32 Å². The molecule has 160 valence electrons. The van der Waals surface area contributed by atoms with Gasteiger partial charge in [0.15, 0.2) is 6.61 Å². The van der Waals surface area contributed by atoms with E-state index in [2.05, 4.69) is 5.32 Å². The average molecular weight is 415 g/mol. The molecule has 30 heavy (non-hydrogen) atoms. The Morgan fingerprint density at radius 2 is 1.87 bits per heavy atom. The van der Waals surface area contributed by atoms with Gasteiger partial charge in [-0.15, -0.1) is 0 Å². The summed E-state index contributed by atoms with van der Waals surface area (Å²) in [4.78, 5) is 48.5. The van der Waals surface area contributed by atoms with E-state index in [1.807, 2.05) is 13.8 Å². The van der Waals surface area contributed by atoms with Crippen LogP contribution >= 0.6 is 0 Å². The topological polar surface area (TPSA) is 108 Å². The zero-order chi connectivity index (χ0) is 21.4. The summed E-state index contributed by atoms with van der Waals surface area (Å²) in [5.41, 5.74) is 0.858. The van der Waals surface area contributed by atoms with Crippen molar-refractivity contribution in [3.63, 3.8) is 0 Å². The van der Waals surface area contributed by atoms with Crippen LogP contribution in [-0.4, -0.2) is 43.1 Å². The molecule has 3 aliphatic rings. The van der Waals surface area contributed by atoms with Gasteiger partial charge in [-0.2, -0.15) is 0 Å². The van der Waals surface area contributed by atoms with Crippen molar-refractivity contribution in [1.82, 2.24) is 0 Å². The number of nitrogens with one attached hydrogen (secondary N) is 1. The van der Waals surface area contributed by atoms with E-state index < -0.39 is 36.3 Å². The maximum atomic E-state index is 12.5. The Morgan fingerprint density at radius 3 is 2.57 bits per heavy atom. The fourth-order valence-electron chi connectivity index (χ4n) is 4.77. The molecule has 1 aromatic rings. The molecule has 0 aromatic heterocycles. The lowest BCUT2D eigenvalue weighted by molar-refractivity contribution is -0.157. The van der Waals surface area contributed by atoms with Crippen LogP contribution in [0, 0.1) is 29.6 Å². The predicted octanol–water partition coefficient (Wildman–Crippen LogP) is 2.18. The van der Waals surface area contributed by atoms with Crippen LogP contribution in [0.2, 0.25) is 0 Å². The molecule has 1 aromatic carbocycles. The number of benzene rings is 1. The number of hydrogen-bond donors (Lipinski definition) is 1. The molecular formula is C22H25NO7. The molecule has 1 heterocycles. The highest BCUT2D eigenvalue weighted by molar-refractivity contribution is 5.95. The standard InChI is InChI=1S/C22H25NO7/c1-11(2)9-28-20(25)12-3-5-14(6-4-12)23-17(24)10-29-21(26)18-13-7-15-16(8-13)30-22(27)19(15)18/h3-6,11,13,15-16,18-19H,7-10H2,1-2H3,(H,23,24)/t13-,15-,16-,18+,19+/m1/s1. The number of anilines is 1. The second kappa shape index (κ2) is 8.08. The first-order chi connectivity index (χ1) is 14.3. The van der Waals surface area contributed by atoms with E-state index in [0.29, 0.717) is 24.3 Å². The largest absolute Gasteiger partial charge is 0.462 e. The number of ether oxygens (including phenoxy) is 3. The Balaban J connectivity index is 1.26. The van der Waals surface area contributed by atoms with E-state index in [9.17, 15) is 19.2 Å². The molecule has 0 radical (unpaired) electrons. The second-order valence-corrected chi connectivity index (χ2v) is 8.65. The summed E-state index contributed by atoms with van der Waals surface area (Å²) in [6, 6.07) is 6.27.